The summed E-state index contributed by atoms with van der Waals surface area (Å²) >= 11 is 5.03. The molecule has 0 amide bonds. The van der Waals surface area contributed by atoms with E-state index in [9.17, 15) is 0 Å². The Kier molecular flexibility index (Phi) is 2.20. The summed E-state index contributed by atoms with van der Waals surface area (Å²) in [6, 6.07) is 0. The minimum atomic E-state index is 0.615. The highest BCUT2D eigenvalue weighted by Gasteiger charge is 2.07. The Hall–Kier alpha value is -1.43. The van der Waals surface area contributed by atoms with Gasteiger partial charge in [-0.05, 0) is 19.1 Å². The van der Waals surface area contributed by atoms with Crippen LogP contribution in [0.15, 0.2) is 12.4 Å². The van der Waals surface area contributed by atoms with Gasteiger partial charge in [0.2, 0.25) is 0 Å². The molecule has 0 atom stereocenters. The first kappa shape index (κ1) is 9.14. The number of nitrogens with one attached hydrogen (secondary N) is 1. The molecule has 0 radical (unpaired) electrons. The van der Waals surface area contributed by atoms with Crippen LogP contribution in [0.2, 0.25) is 0 Å². The zero-order chi connectivity index (χ0) is 10.1. The quantitative estimate of drug-likeness (QED) is 0.760. The van der Waals surface area contributed by atoms with Crippen molar-refractivity contribution in [2.45, 2.75) is 13.5 Å². The van der Waals surface area contributed by atoms with Gasteiger partial charge < -0.3 is 4.57 Å². The fourth-order valence-electron chi connectivity index (χ4n) is 1.26. The van der Waals surface area contributed by atoms with Crippen molar-refractivity contribution >= 4 is 12.2 Å². The van der Waals surface area contributed by atoms with Crippen LogP contribution < -0.4 is 0 Å². The summed E-state index contributed by atoms with van der Waals surface area (Å²) in [4.78, 5) is 0. The number of hydrogen-bond donors (Lipinski definition) is 1. The van der Waals surface area contributed by atoms with Crippen LogP contribution in [0.5, 0.6) is 0 Å². The molecule has 0 aliphatic carbocycles. The van der Waals surface area contributed by atoms with Gasteiger partial charge in [0.1, 0.15) is 0 Å². The van der Waals surface area contributed by atoms with Crippen LogP contribution >= 0.6 is 12.2 Å². The fraction of sp³-hybridized carbons (Fsp3) is 0.375. The van der Waals surface area contributed by atoms with E-state index >= 15 is 0 Å². The molecule has 2 aromatic rings. The number of H-pyrrole nitrogens is 1. The number of aryl methyl sites for hydroxylation is 1. The summed E-state index contributed by atoms with van der Waals surface area (Å²) in [7, 11) is 1.88. The summed E-state index contributed by atoms with van der Waals surface area (Å²) in [5.41, 5.74) is 0.974. The van der Waals surface area contributed by atoms with Crippen molar-refractivity contribution < 1.29 is 0 Å². The predicted octanol–water partition coefficient (Wildman–Crippen LogP) is 1.36. The Morgan fingerprint density at radius 1 is 1.57 bits per heavy atom. The van der Waals surface area contributed by atoms with Crippen LogP contribution in [0.4, 0.5) is 0 Å². The third-order valence-electron chi connectivity index (χ3n) is 2.10. The van der Waals surface area contributed by atoms with Gasteiger partial charge in [-0.2, -0.15) is 10.2 Å². The molecule has 1 N–H and O–H groups in total. The molecule has 0 unspecified atom stereocenters. The van der Waals surface area contributed by atoms with Crippen molar-refractivity contribution in [1.82, 2.24) is 24.5 Å². The van der Waals surface area contributed by atoms with E-state index in [4.69, 9.17) is 12.2 Å². The molecule has 0 saturated heterocycles. The summed E-state index contributed by atoms with van der Waals surface area (Å²) in [5.74, 6) is 0.815. The normalized spacial score (nSPS) is 10.7. The van der Waals surface area contributed by atoms with Gasteiger partial charge in [-0.1, -0.05) is 0 Å². The third-order valence-corrected chi connectivity index (χ3v) is 2.46. The number of aromatic nitrogens is 5. The highest BCUT2D eigenvalue weighted by atomic mass is 32.1. The van der Waals surface area contributed by atoms with E-state index in [2.05, 4.69) is 15.3 Å². The molecule has 0 fully saturated rings. The lowest BCUT2D eigenvalue weighted by Gasteiger charge is -1.94. The Morgan fingerprint density at radius 3 is 2.86 bits per heavy atom. The summed E-state index contributed by atoms with van der Waals surface area (Å²) in [6.07, 6.45) is 3.74. The van der Waals surface area contributed by atoms with Crippen molar-refractivity contribution in [1.29, 1.82) is 0 Å². The fourth-order valence-corrected chi connectivity index (χ4v) is 1.39. The first-order chi connectivity index (χ1) is 6.72. The molecular weight excluding hydrogens is 198 g/mol. The standard InChI is InChI=1S/C8H11N5S/c1-3-13-5-6(4-9-13)7-10-11-8(14)12(7)2/h4-5H,3H2,1-2H3,(H,11,14). The molecule has 0 aliphatic heterocycles. The average Bonchev–Trinajstić information content (AvgIpc) is 2.75. The highest BCUT2D eigenvalue weighted by Crippen LogP contribution is 2.14. The van der Waals surface area contributed by atoms with Crippen molar-refractivity contribution in [3.63, 3.8) is 0 Å². The van der Waals surface area contributed by atoms with E-state index in [1.54, 1.807) is 6.20 Å². The molecule has 2 rings (SSSR count). The van der Waals surface area contributed by atoms with E-state index in [0.717, 1.165) is 17.9 Å². The first-order valence-electron chi connectivity index (χ1n) is 4.36. The van der Waals surface area contributed by atoms with Crippen LogP contribution in [-0.4, -0.2) is 24.5 Å². The molecule has 74 valence electrons. The lowest BCUT2D eigenvalue weighted by molar-refractivity contribution is 0.660. The molecule has 6 heteroatoms. The lowest BCUT2D eigenvalue weighted by Crippen LogP contribution is -1.93. The molecule has 2 heterocycles. The molecule has 0 bridgehead atoms. The molecule has 0 aliphatic rings. The summed E-state index contributed by atoms with van der Waals surface area (Å²) in [5, 5.41) is 11.0. The van der Waals surface area contributed by atoms with E-state index in [1.807, 2.05) is 29.4 Å². The number of nitrogens with zero attached hydrogens (tertiary/aromatic N) is 4. The van der Waals surface area contributed by atoms with Crippen LogP contribution in [0.3, 0.4) is 0 Å². The predicted molar refractivity (Wildman–Crippen MR) is 55.3 cm³/mol. The van der Waals surface area contributed by atoms with E-state index < -0.39 is 0 Å². The van der Waals surface area contributed by atoms with E-state index in [0.29, 0.717) is 4.77 Å². The van der Waals surface area contributed by atoms with E-state index in [1.165, 1.54) is 0 Å². The molecule has 0 saturated carbocycles. The molecule has 2 aromatic heterocycles. The Balaban J connectivity index is 2.49. The zero-order valence-electron chi connectivity index (χ0n) is 8.06. The monoisotopic (exact) mass is 209 g/mol. The van der Waals surface area contributed by atoms with Gasteiger partial charge in [-0.25, -0.2) is 0 Å². The topological polar surface area (TPSA) is 51.4 Å². The maximum absolute atomic E-state index is 5.03. The van der Waals surface area contributed by atoms with Gasteiger partial charge in [0.25, 0.3) is 0 Å². The Morgan fingerprint density at radius 2 is 2.36 bits per heavy atom. The second-order valence-electron chi connectivity index (χ2n) is 3.00. The largest absolute Gasteiger partial charge is 0.303 e. The molecule has 0 aromatic carbocycles. The highest BCUT2D eigenvalue weighted by molar-refractivity contribution is 7.71. The van der Waals surface area contributed by atoms with Gasteiger partial charge in [-0.3, -0.25) is 9.78 Å². The second kappa shape index (κ2) is 3.38. The number of hydrogen-bond acceptors (Lipinski definition) is 3. The van der Waals surface area contributed by atoms with Crippen LogP contribution in [-0.2, 0) is 13.6 Å². The van der Waals surface area contributed by atoms with Gasteiger partial charge in [0.15, 0.2) is 10.6 Å². The van der Waals surface area contributed by atoms with Crippen LogP contribution in [0.25, 0.3) is 11.4 Å². The van der Waals surface area contributed by atoms with Crippen molar-refractivity contribution in [3.8, 4) is 11.4 Å². The van der Waals surface area contributed by atoms with Crippen LogP contribution in [0.1, 0.15) is 6.92 Å². The Labute approximate surface area is 86.4 Å². The maximum Gasteiger partial charge on any atom is 0.195 e. The zero-order valence-corrected chi connectivity index (χ0v) is 8.88. The Bertz CT molecular complexity index is 492. The van der Waals surface area contributed by atoms with Gasteiger partial charge in [0, 0.05) is 19.8 Å². The molecule has 5 nitrogen and oxygen atoms in total. The third kappa shape index (κ3) is 1.37. The van der Waals surface area contributed by atoms with E-state index in [-0.39, 0.29) is 0 Å². The number of aromatic amines is 1. The smallest absolute Gasteiger partial charge is 0.195 e. The number of rotatable bonds is 2. The van der Waals surface area contributed by atoms with Gasteiger partial charge in [-0.15, -0.1) is 0 Å². The van der Waals surface area contributed by atoms with Crippen molar-refractivity contribution in [3.05, 3.63) is 17.2 Å². The molecule has 14 heavy (non-hydrogen) atoms. The van der Waals surface area contributed by atoms with Gasteiger partial charge in [0.05, 0.1) is 11.8 Å². The van der Waals surface area contributed by atoms with Crippen LogP contribution in [0, 0.1) is 4.77 Å². The maximum atomic E-state index is 5.03. The van der Waals surface area contributed by atoms with Crippen molar-refractivity contribution in [2.75, 3.05) is 0 Å². The molecule has 0 spiro atoms. The minimum absolute atomic E-state index is 0.615. The lowest BCUT2D eigenvalue weighted by atomic mass is 10.3. The summed E-state index contributed by atoms with van der Waals surface area (Å²) < 4.78 is 4.30. The van der Waals surface area contributed by atoms with Crippen molar-refractivity contribution in [2.24, 2.45) is 7.05 Å². The average molecular weight is 209 g/mol. The second-order valence-corrected chi connectivity index (χ2v) is 3.38. The summed E-state index contributed by atoms with van der Waals surface area (Å²) in [6.45, 7) is 2.90. The van der Waals surface area contributed by atoms with Gasteiger partial charge >= 0.3 is 0 Å². The minimum Gasteiger partial charge on any atom is -0.303 e. The molecular formula is C8H11N5S. The first-order valence-corrected chi connectivity index (χ1v) is 4.77. The SMILES string of the molecule is CCn1cc(-c2n[nH]c(=S)n2C)cn1.